The minimum atomic E-state index is -0.463. The summed E-state index contributed by atoms with van der Waals surface area (Å²) in [6.07, 6.45) is 0.128. The lowest BCUT2D eigenvalue weighted by Crippen LogP contribution is -2.34. The summed E-state index contributed by atoms with van der Waals surface area (Å²) in [6.45, 7) is 5.93. The maximum Gasteiger partial charge on any atom is 0.336 e. The Labute approximate surface area is 145 Å². The van der Waals surface area contributed by atoms with Gasteiger partial charge in [-0.05, 0) is 24.5 Å². The molecule has 0 fully saturated rings. The maximum atomic E-state index is 12.5. The molecule has 1 N–H and O–H groups in total. The van der Waals surface area contributed by atoms with Crippen LogP contribution in [0.2, 0.25) is 10.0 Å². The van der Waals surface area contributed by atoms with Crippen molar-refractivity contribution in [2.45, 2.75) is 33.1 Å². The van der Waals surface area contributed by atoms with E-state index < -0.39 is 11.9 Å². The van der Waals surface area contributed by atoms with Gasteiger partial charge in [-0.3, -0.25) is 4.79 Å². The minimum absolute atomic E-state index is 0.128. The fraction of sp³-hybridized carbons (Fsp3) is 0.412. The number of carbonyl (C=O) groups excluding carboxylic acids is 2. The summed E-state index contributed by atoms with van der Waals surface area (Å²) in [5, 5.41) is 3.44. The van der Waals surface area contributed by atoms with Gasteiger partial charge in [0.15, 0.2) is 0 Å². The third-order valence-electron chi connectivity index (χ3n) is 3.59. The molecular weight excluding hydrogens is 337 g/mol. The molecule has 1 aromatic rings. The van der Waals surface area contributed by atoms with Crippen LogP contribution in [0.1, 0.15) is 38.7 Å². The molecule has 1 heterocycles. The van der Waals surface area contributed by atoms with Gasteiger partial charge < -0.3 is 10.1 Å². The number of hydrogen-bond acceptors (Lipinski definition) is 3. The first-order chi connectivity index (χ1) is 10.8. The van der Waals surface area contributed by atoms with Crippen molar-refractivity contribution in [1.29, 1.82) is 0 Å². The Morgan fingerprint density at radius 3 is 2.74 bits per heavy atom. The number of esters is 1. The number of hydrogen-bond donors (Lipinski definition) is 1. The molecule has 1 amide bonds. The van der Waals surface area contributed by atoms with Crippen molar-refractivity contribution in [1.82, 2.24) is 5.32 Å². The number of allylic oxidation sites excluding steroid dienone is 1. The summed E-state index contributed by atoms with van der Waals surface area (Å²) in [6, 6.07) is 5.20. The number of benzene rings is 1. The maximum absolute atomic E-state index is 12.5. The third-order valence-corrected chi connectivity index (χ3v) is 4.43. The van der Waals surface area contributed by atoms with Gasteiger partial charge in [0.2, 0.25) is 5.91 Å². The van der Waals surface area contributed by atoms with Crippen LogP contribution in [-0.2, 0) is 14.3 Å². The van der Waals surface area contributed by atoms with Crippen LogP contribution in [0.15, 0.2) is 29.5 Å². The van der Waals surface area contributed by atoms with Gasteiger partial charge in [0.25, 0.3) is 0 Å². The molecule has 0 saturated heterocycles. The molecule has 1 aliphatic rings. The van der Waals surface area contributed by atoms with Crippen molar-refractivity contribution < 1.29 is 14.3 Å². The first-order valence-corrected chi connectivity index (χ1v) is 8.18. The van der Waals surface area contributed by atoms with Crippen LogP contribution in [0.5, 0.6) is 0 Å². The highest BCUT2D eigenvalue weighted by molar-refractivity contribution is 6.42. The van der Waals surface area contributed by atoms with Crippen LogP contribution in [-0.4, -0.2) is 18.5 Å². The Balaban J connectivity index is 2.42. The van der Waals surface area contributed by atoms with Crippen molar-refractivity contribution >= 4 is 35.1 Å². The van der Waals surface area contributed by atoms with E-state index in [-0.39, 0.29) is 18.2 Å². The fourth-order valence-electron chi connectivity index (χ4n) is 2.55. The highest BCUT2D eigenvalue weighted by Gasteiger charge is 2.34. The topological polar surface area (TPSA) is 55.4 Å². The van der Waals surface area contributed by atoms with E-state index in [4.69, 9.17) is 27.9 Å². The van der Waals surface area contributed by atoms with E-state index in [1.807, 2.05) is 13.8 Å². The lowest BCUT2D eigenvalue weighted by Gasteiger charge is -2.27. The van der Waals surface area contributed by atoms with Crippen molar-refractivity contribution in [3.05, 3.63) is 45.1 Å². The van der Waals surface area contributed by atoms with Crippen molar-refractivity contribution in [3.8, 4) is 0 Å². The predicted octanol–water partition coefficient (Wildman–Crippen LogP) is 4.07. The summed E-state index contributed by atoms with van der Waals surface area (Å²) in [5.41, 5.74) is 1.58. The van der Waals surface area contributed by atoms with Gasteiger partial charge in [0.05, 0.1) is 22.2 Å². The van der Waals surface area contributed by atoms with E-state index in [1.165, 1.54) is 0 Å². The highest BCUT2D eigenvalue weighted by Crippen LogP contribution is 2.39. The minimum Gasteiger partial charge on any atom is -0.462 e. The molecule has 0 spiro atoms. The van der Waals surface area contributed by atoms with Crippen LogP contribution in [0.3, 0.4) is 0 Å². The molecule has 1 atom stereocenters. The summed E-state index contributed by atoms with van der Waals surface area (Å²) < 4.78 is 5.35. The van der Waals surface area contributed by atoms with Crippen LogP contribution >= 0.6 is 23.2 Å². The van der Waals surface area contributed by atoms with Gasteiger partial charge in [-0.25, -0.2) is 4.79 Å². The second-order valence-corrected chi connectivity index (χ2v) is 6.76. The fourth-order valence-corrected chi connectivity index (χ4v) is 2.99. The van der Waals surface area contributed by atoms with Crippen molar-refractivity contribution in [2.24, 2.45) is 5.92 Å². The van der Waals surface area contributed by atoms with Crippen molar-refractivity contribution in [2.75, 3.05) is 6.61 Å². The molecule has 2 rings (SSSR count). The van der Waals surface area contributed by atoms with Gasteiger partial charge >= 0.3 is 5.97 Å². The highest BCUT2D eigenvalue weighted by atomic mass is 35.5. The Bertz CT molecular complexity index is 668. The summed E-state index contributed by atoms with van der Waals surface area (Å²) in [4.78, 5) is 24.4. The van der Waals surface area contributed by atoms with Gasteiger partial charge in [0.1, 0.15) is 0 Å². The number of halogens is 2. The molecule has 0 aliphatic carbocycles. The Morgan fingerprint density at radius 2 is 2.09 bits per heavy atom. The van der Waals surface area contributed by atoms with Gasteiger partial charge in [-0.1, -0.05) is 49.2 Å². The predicted molar refractivity (Wildman–Crippen MR) is 90.5 cm³/mol. The van der Waals surface area contributed by atoms with Crippen LogP contribution in [0, 0.1) is 5.92 Å². The first kappa shape index (κ1) is 17.8. The van der Waals surface area contributed by atoms with Gasteiger partial charge in [0, 0.05) is 18.0 Å². The zero-order valence-electron chi connectivity index (χ0n) is 13.3. The summed E-state index contributed by atoms with van der Waals surface area (Å²) >= 11 is 12.4. The normalized spacial score (nSPS) is 18.2. The summed E-state index contributed by atoms with van der Waals surface area (Å²) in [7, 11) is 0. The number of nitrogens with one attached hydrogen (secondary N) is 1. The molecule has 0 saturated carbocycles. The molecular formula is C17H19Cl2NO3. The van der Waals surface area contributed by atoms with E-state index in [2.05, 4.69) is 5.32 Å². The summed E-state index contributed by atoms with van der Waals surface area (Å²) in [5.74, 6) is -0.831. The molecule has 124 valence electrons. The number of rotatable bonds is 4. The lowest BCUT2D eigenvalue weighted by molar-refractivity contribution is -0.140. The van der Waals surface area contributed by atoms with Gasteiger partial charge in [-0.15, -0.1) is 0 Å². The number of carbonyl (C=O) groups is 2. The molecule has 4 nitrogen and oxygen atoms in total. The average molecular weight is 356 g/mol. The Morgan fingerprint density at radius 1 is 1.39 bits per heavy atom. The van der Waals surface area contributed by atoms with Crippen LogP contribution in [0.25, 0.3) is 0 Å². The molecule has 23 heavy (non-hydrogen) atoms. The molecule has 0 radical (unpaired) electrons. The number of amides is 1. The Kier molecular flexibility index (Phi) is 5.71. The van der Waals surface area contributed by atoms with Crippen molar-refractivity contribution in [3.63, 3.8) is 0 Å². The van der Waals surface area contributed by atoms with Gasteiger partial charge in [-0.2, -0.15) is 0 Å². The molecule has 0 unspecified atom stereocenters. The van der Waals surface area contributed by atoms with Crippen LogP contribution in [0.4, 0.5) is 0 Å². The molecule has 6 heteroatoms. The first-order valence-electron chi connectivity index (χ1n) is 7.43. The van der Waals surface area contributed by atoms with E-state index >= 15 is 0 Å². The standard InChI is InChI=1S/C17H19Cl2NO3/c1-9(2)8-23-17(22)15-10(3)20-14(21)7-12(15)11-5-4-6-13(18)16(11)19/h4-6,9,12H,7-8H2,1-3H3,(H,20,21)/t12-/m1/s1. The SMILES string of the molecule is CC1=C(C(=O)OCC(C)C)[C@@H](c2cccc(Cl)c2Cl)CC(=O)N1. The average Bonchev–Trinajstić information content (AvgIpc) is 2.47. The van der Waals surface area contributed by atoms with E-state index in [0.29, 0.717) is 33.5 Å². The molecule has 0 aromatic heterocycles. The second kappa shape index (κ2) is 7.37. The third kappa shape index (κ3) is 4.06. The molecule has 1 aromatic carbocycles. The Hall–Kier alpha value is -1.52. The molecule has 1 aliphatic heterocycles. The smallest absolute Gasteiger partial charge is 0.336 e. The quantitative estimate of drug-likeness (QED) is 0.828. The zero-order chi connectivity index (χ0) is 17.1. The largest absolute Gasteiger partial charge is 0.462 e. The van der Waals surface area contributed by atoms with E-state index in [1.54, 1.807) is 25.1 Å². The lowest BCUT2D eigenvalue weighted by atomic mass is 9.84. The second-order valence-electron chi connectivity index (χ2n) is 5.98. The van der Waals surface area contributed by atoms with Crippen LogP contribution < -0.4 is 5.32 Å². The number of ether oxygens (including phenoxy) is 1. The van der Waals surface area contributed by atoms with E-state index in [9.17, 15) is 9.59 Å². The monoisotopic (exact) mass is 355 g/mol. The molecule has 0 bridgehead atoms. The van der Waals surface area contributed by atoms with E-state index in [0.717, 1.165) is 0 Å². The zero-order valence-corrected chi connectivity index (χ0v) is 14.8.